The summed E-state index contributed by atoms with van der Waals surface area (Å²) in [7, 11) is 0. The van der Waals surface area contributed by atoms with Gasteiger partial charge in [-0.05, 0) is 27.7 Å². The molecule has 15 heavy (non-hydrogen) atoms. The molecule has 2 rings (SSSR count). The Labute approximate surface area is 93.4 Å². The topological polar surface area (TPSA) is 15.5 Å². The minimum absolute atomic E-state index is 0.370. The predicted octanol–water partition coefficient (Wildman–Crippen LogP) is 1.19. The van der Waals surface area contributed by atoms with E-state index >= 15 is 0 Å². The van der Waals surface area contributed by atoms with Crippen LogP contribution in [0.3, 0.4) is 0 Å². The van der Waals surface area contributed by atoms with Crippen molar-refractivity contribution in [3.63, 3.8) is 0 Å². The van der Waals surface area contributed by atoms with E-state index in [1.165, 1.54) is 13.1 Å². The monoisotopic (exact) mass is 212 g/mol. The van der Waals surface area contributed by atoms with E-state index in [1.807, 2.05) is 0 Å². The molecule has 0 N–H and O–H groups in total. The molecule has 0 radical (unpaired) electrons. The number of piperazine rings is 1. The van der Waals surface area contributed by atoms with Gasteiger partial charge in [0.2, 0.25) is 0 Å². The molecule has 2 aliphatic rings. The first-order valence-electron chi connectivity index (χ1n) is 6.21. The summed E-state index contributed by atoms with van der Waals surface area (Å²) in [6.07, 6.45) is 0.370. The van der Waals surface area contributed by atoms with Crippen molar-refractivity contribution in [1.82, 2.24) is 9.80 Å². The van der Waals surface area contributed by atoms with E-state index in [1.54, 1.807) is 0 Å². The van der Waals surface area contributed by atoms with E-state index in [0.29, 0.717) is 6.10 Å². The summed E-state index contributed by atoms with van der Waals surface area (Å²) in [6, 6.07) is 2.43. The zero-order valence-corrected chi connectivity index (χ0v) is 10.4. The lowest BCUT2D eigenvalue weighted by atomic mass is 10.4. The van der Waals surface area contributed by atoms with Gasteiger partial charge < -0.3 is 4.74 Å². The standard InChI is InChI=1S/C12H24N2O/c1-9(2)14-11-7-13(8-12(11)14)5-6-15-10(3)4/h9-12H,5-8H2,1-4H3. The van der Waals surface area contributed by atoms with E-state index in [-0.39, 0.29) is 0 Å². The molecule has 2 atom stereocenters. The molecule has 0 aromatic rings. The van der Waals surface area contributed by atoms with Crippen LogP contribution in [0.2, 0.25) is 0 Å². The molecule has 0 saturated carbocycles. The SMILES string of the molecule is CC(C)OCCN1CC2C(C1)N2C(C)C. The van der Waals surface area contributed by atoms with Crippen LogP contribution in [0.4, 0.5) is 0 Å². The first-order chi connectivity index (χ1) is 7.09. The van der Waals surface area contributed by atoms with Crippen molar-refractivity contribution in [2.75, 3.05) is 26.2 Å². The average molecular weight is 212 g/mol. The summed E-state index contributed by atoms with van der Waals surface area (Å²) in [5.41, 5.74) is 0. The highest BCUT2D eigenvalue weighted by molar-refractivity contribution is 5.11. The van der Waals surface area contributed by atoms with E-state index < -0.39 is 0 Å². The van der Waals surface area contributed by atoms with Crippen LogP contribution >= 0.6 is 0 Å². The fourth-order valence-corrected chi connectivity index (χ4v) is 2.76. The molecule has 0 aromatic carbocycles. The van der Waals surface area contributed by atoms with E-state index in [2.05, 4.69) is 37.5 Å². The van der Waals surface area contributed by atoms with E-state index in [0.717, 1.165) is 31.3 Å². The first kappa shape index (κ1) is 11.4. The maximum Gasteiger partial charge on any atom is 0.0596 e. The molecule has 0 aromatic heterocycles. The molecule has 2 aliphatic heterocycles. The van der Waals surface area contributed by atoms with Gasteiger partial charge in [-0.25, -0.2) is 0 Å². The van der Waals surface area contributed by atoms with Crippen molar-refractivity contribution in [2.45, 2.75) is 51.9 Å². The van der Waals surface area contributed by atoms with Crippen molar-refractivity contribution < 1.29 is 4.74 Å². The van der Waals surface area contributed by atoms with Crippen LogP contribution in [0.15, 0.2) is 0 Å². The minimum Gasteiger partial charge on any atom is -0.377 e. The third-order valence-electron chi connectivity index (χ3n) is 3.47. The smallest absolute Gasteiger partial charge is 0.0596 e. The summed E-state index contributed by atoms with van der Waals surface area (Å²) in [4.78, 5) is 5.16. The zero-order valence-electron chi connectivity index (χ0n) is 10.4. The molecule has 0 spiro atoms. The Kier molecular flexibility index (Phi) is 3.33. The highest BCUT2D eigenvalue weighted by Gasteiger charge is 2.54. The molecule has 2 unspecified atom stereocenters. The lowest BCUT2D eigenvalue weighted by Crippen LogP contribution is -2.34. The molecular weight excluding hydrogens is 188 g/mol. The summed E-state index contributed by atoms with van der Waals surface area (Å²) in [6.45, 7) is 13.3. The lowest BCUT2D eigenvalue weighted by molar-refractivity contribution is 0.0592. The lowest BCUT2D eigenvalue weighted by Gasteiger charge is -2.22. The molecule has 3 heteroatoms. The molecule has 0 amide bonds. The number of rotatable bonds is 5. The molecule has 0 bridgehead atoms. The normalized spacial score (nSPS) is 35.2. The Bertz CT molecular complexity index is 206. The third kappa shape index (κ3) is 2.52. The number of nitrogens with zero attached hydrogens (tertiary/aromatic N) is 2. The Balaban J connectivity index is 1.62. The van der Waals surface area contributed by atoms with E-state index in [4.69, 9.17) is 4.74 Å². The molecule has 0 aliphatic carbocycles. The Hall–Kier alpha value is -0.120. The van der Waals surface area contributed by atoms with Crippen molar-refractivity contribution in [2.24, 2.45) is 0 Å². The van der Waals surface area contributed by atoms with Gasteiger partial charge in [0, 0.05) is 37.8 Å². The van der Waals surface area contributed by atoms with Crippen LogP contribution in [-0.2, 0) is 4.74 Å². The summed E-state index contributed by atoms with van der Waals surface area (Å²) < 4.78 is 5.57. The van der Waals surface area contributed by atoms with Gasteiger partial charge in [0.15, 0.2) is 0 Å². The maximum atomic E-state index is 5.57. The second-order valence-electron chi connectivity index (χ2n) is 5.35. The van der Waals surface area contributed by atoms with Crippen LogP contribution < -0.4 is 0 Å². The van der Waals surface area contributed by atoms with Gasteiger partial charge in [0.05, 0.1) is 12.7 Å². The third-order valence-corrected chi connectivity index (χ3v) is 3.47. The maximum absolute atomic E-state index is 5.57. The predicted molar refractivity (Wildman–Crippen MR) is 62.1 cm³/mol. The molecular formula is C12H24N2O. The van der Waals surface area contributed by atoms with Gasteiger partial charge >= 0.3 is 0 Å². The van der Waals surface area contributed by atoms with Crippen LogP contribution in [0.25, 0.3) is 0 Å². The zero-order chi connectivity index (χ0) is 11.0. The number of hydrogen-bond acceptors (Lipinski definition) is 3. The highest BCUT2D eigenvalue weighted by atomic mass is 16.5. The quantitative estimate of drug-likeness (QED) is 0.637. The Morgan fingerprint density at radius 2 is 1.73 bits per heavy atom. The van der Waals surface area contributed by atoms with Gasteiger partial charge in [0.25, 0.3) is 0 Å². The van der Waals surface area contributed by atoms with Crippen molar-refractivity contribution in [1.29, 1.82) is 0 Å². The Morgan fingerprint density at radius 1 is 1.13 bits per heavy atom. The summed E-state index contributed by atoms with van der Waals surface area (Å²) in [5, 5.41) is 0. The number of fused-ring (bicyclic) bond motifs is 1. The van der Waals surface area contributed by atoms with Gasteiger partial charge in [-0.2, -0.15) is 0 Å². The summed E-state index contributed by atoms with van der Waals surface area (Å²) >= 11 is 0. The van der Waals surface area contributed by atoms with Crippen LogP contribution in [-0.4, -0.2) is 60.3 Å². The molecule has 2 fully saturated rings. The Morgan fingerprint density at radius 3 is 2.20 bits per heavy atom. The fraction of sp³-hybridized carbons (Fsp3) is 1.00. The van der Waals surface area contributed by atoms with Gasteiger partial charge in [-0.15, -0.1) is 0 Å². The molecule has 88 valence electrons. The average Bonchev–Trinajstić information content (AvgIpc) is 2.64. The minimum atomic E-state index is 0.370. The van der Waals surface area contributed by atoms with Crippen LogP contribution in [0, 0.1) is 0 Å². The van der Waals surface area contributed by atoms with Gasteiger partial charge in [-0.3, -0.25) is 9.80 Å². The van der Waals surface area contributed by atoms with Crippen molar-refractivity contribution in [3.8, 4) is 0 Å². The number of ether oxygens (including phenoxy) is 1. The van der Waals surface area contributed by atoms with Crippen molar-refractivity contribution in [3.05, 3.63) is 0 Å². The number of hydrogen-bond donors (Lipinski definition) is 0. The second kappa shape index (κ2) is 4.40. The highest BCUT2D eigenvalue weighted by Crippen LogP contribution is 2.37. The molecule has 2 heterocycles. The number of likely N-dealkylation sites (tertiary alicyclic amines) is 1. The van der Waals surface area contributed by atoms with Gasteiger partial charge in [0.1, 0.15) is 0 Å². The largest absolute Gasteiger partial charge is 0.377 e. The summed E-state index contributed by atoms with van der Waals surface area (Å²) in [5.74, 6) is 0. The van der Waals surface area contributed by atoms with Gasteiger partial charge in [-0.1, -0.05) is 0 Å². The second-order valence-corrected chi connectivity index (χ2v) is 5.35. The van der Waals surface area contributed by atoms with E-state index in [9.17, 15) is 0 Å². The molecule has 2 saturated heterocycles. The van der Waals surface area contributed by atoms with Crippen molar-refractivity contribution >= 4 is 0 Å². The van der Waals surface area contributed by atoms with Crippen LogP contribution in [0.1, 0.15) is 27.7 Å². The first-order valence-corrected chi connectivity index (χ1v) is 6.21. The molecule has 3 nitrogen and oxygen atoms in total. The fourth-order valence-electron chi connectivity index (χ4n) is 2.76. The van der Waals surface area contributed by atoms with Crippen LogP contribution in [0.5, 0.6) is 0 Å².